The minimum atomic E-state index is -1.22. The van der Waals surface area contributed by atoms with Crippen LogP contribution in [0, 0.1) is 11.8 Å². The van der Waals surface area contributed by atoms with Gasteiger partial charge in [0.15, 0.2) is 0 Å². The molecule has 0 saturated carbocycles. The van der Waals surface area contributed by atoms with E-state index in [9.17, 15) is 28.8 Å². The van der Waals surface area contributed by atoms with Gasteiger partial charge in [-0.2, -0.15) is 0 Å². The number of nitrogens with one attached hydrogen (secondary N) is 5. The van der Waals surface area contributed by atoms with Crippen LogP contribution in [-0.4, -0.2) is 78.1 Å². The summed E-state index contributed by atoms with van der Waals surface area (Å²) >= 11 is 0. The Morgan fingerprint density at radius 1 is 0.872 bits per heavy atom. The molecule has 0 fully saturated rings. The van der Waals surface area contributed by atoms with Crippen LogP contribution >= 0.6 is 0 Å². The molecule has 1 rings (SSSR count). The largest absolute Gasteiger partial charge is 0.480 e. The summed E-state index contributed by atoms with van der Waals surface area (Å²) < 4.78 is 5.27. The lowest BCUT2D eigenvalue weighted by molar-refractivity contribution is -0.138. The maximum atomic E-state index is 12.9. The molecule has 0 spiro atoms. The molecule has 13 heteroatoms. The summed E-state index contributed by atoms with van der Waals surface area (Å²) in [5.74, 6) is -3.76. The number of hydrogen-bond donors (Lipinski definition) is 6. The van der Waals surface area contributed by atoms with Crippen LogP contribution in [0.15, 0.2) is 24.3 Å². The highest BCUT2D eigenvalue weighted by molar-refractivity contribution is 5.93. The van der Waals surface area contributed by atoms with Gasteiger partial charge in [-0.15, -0.1) is 0 Å². The van der Waals surface area contributed by atoms with Crippen LogP contribution in [0.1, 0.15) is 53.9 Å². The van der Waals surface area contributed by atoms with E-state index in [0.29, 0.717) is 6.42 Å². The van der Waals surface area contributed by atoms with Crippen molar-refractivity contribution in [2.45, 2.75) is 71.6 Å². The van der Waals surface area contributed by atoms with Crippen molar-refractivity contribution in [3.8, 4) is 0 Å². The second kappa shape index (κ2) is 16.1. The molecule has 5 amide bonds. The van der Waals surface area contributed by atoms with Gasteiger partial charge in [0.05, 0.1) is 13.1 Å². The average Bonchev–Trinajstić information content (AvgIpc) is 2.82. The quantitative estimate of drug-likeness (QED) is 0.178. The molecule has 0 aromatic heterocycles. The Morgan fingerprint density at radius 2 is 1.49 bits per heavy atom. The Kier molecular flexibility index (Phi) is 13.7. The molecule has 1 aliphatic rings. The summed E-state index contributed by atoms with van der Waals surface area (Å²) in [7, 11) is 0. The fourth-order valence-corrected chi connectivity index (χ4v) is 3.56. The van der Waals surface area contributed by atoms with Gasteiger partial charge in [-0.05, 0) is 51.9 Å². The third-order valence-corrected chi connectivity index (χ3v) is 5.26. The first kappa shape index (κ1) is 33.1. The van der Waals surface area contributed by atoms with E-state index >= 15 is 0 Å². The molecule has 6 N–H and O–H groups in total. The summed E-state index contributed by atoms with van der Waals surface area (Å²) in [6.45, 7) is 7.29. The highest BCUT2D eigenvalue weighted by atomic mass is 16.6. The monoisotopic (exact) mass is 551 g/mol. The molecular formula is C26H41N5O8. The number of carbonyl (C=O) groups excluding carboxylic acids is 5. The SMILES string of the molecule is CC(C)CC(NC(=O)CNC(=O)[C@@H](CC1C=CC=CC1)NC(=O)OC(C)(C)C)C(=O)NCC(=O)NCC(=O)O. The molecule has 0 aliphatic heterocycles. The third-order valence-electron chi connectivity index (χ3n) is 5.26. The molecule has 218 valence electrons. The number of amides is 5. The summed E-state index contributed by atoms with van der Waals surface area (Å²) in [6, 6.07) is -1.95. The molecule has 0 heterocycles. The van der Waals surface area contributed by atoms with Crippen LogP contribution in [-0.2, 0) is 28.7 Å². The van der Waals surface area contributed by atoms with Crippen molar-refractivity contribution in [3.05, 3.63) is 24.3 Å². The molecule has 0 aromatic carbocycles. The van der Waals surface area contributed by atoms with E-state index in [1.54, 1.807) is 20.8 Å². The van der Waals surface area contributed by atoms with Crippen LogP contribution in [0.5, 0.6) is 0 Å². The van der Waals surface area contributed by atoms with Crippen molar-refractivity contribution in [3.63, 3.8) is 0 Å². The van der Waals surface area contributed by atoms with Crippen LogP contribution < -0.4 is 26.6 Å². The fourth-order valence-electron chi connectivity index (χ4n) is 3.56. The van der Waals surface area contributed by atoms with Gasteiger partial charge in [-0.25, -0.2) is 4.79 Å². The van der Waals surface area contributed by atoms with E-state index in [0.717, 1.165) is 0 Å². The van der Waals surface area contributed by atoms with Gasteiger partial charge in [-0.1, -0.05) is 38.2 Å². The zero-order chi connectivity index (χ0) is 29.6. The number of aliphatic carboxylic acids is 1. The highest BCUT2D eigenvalue weighted by Gasteiger charge is 2.28. The van der Waals surface area contributed by atoms with Gasteiger partial charge in [-0.3, -0.25) is 24.0 Å². The molecule has 13 nitrogen and oxygen atoms in total. The van der Waals surface area contributed by atoms with Crippen molar-refractivity contribution in [2.24, 2.45) is 11.8 Å². The smallest absolute Gasteiger partial charge is 0.408 e. The number of carboxylic acids is 1. The molecule has 1 aliphatic carbocycles. The molecular weight excluding hydrogens is 510 g/mol. The van der Waals surface area contributed by atoms with Gasteiger partial charge in [0.25, 0.3) is 0 Å². The van der Waals surface area contributed by atoms with Crippen LogP contribution in [0.4, 0.5) is 4.79 Å². The highest BCUT2D eigenvalue weighted by Crippen LogP contribution is 2.18. The van der Waals surface area contributed by atoms with E-state index in [4.69, 9.17) is 9.84 Å². The Bertz CT molecular complexity index is 954. The molecule has 2 unspecified atom stereocenters. The fraction of sp³-hybridized carbons (Fsp3) is 0.615. The maximum absolute atomic E-state index is 12.9. The van der Waals surface area contributed by atoms with Crippen LogP contribution in [0.2, 0.25) is 0 Å². The Labute approximate surface area is 228 Å². The first-order valence-electron chi connectivity index (χ1n) is 12.8. The standard InChI is InChI=1S/C26H41N5O8/c1-16(2)11-18(23(36)28-13-20(32)27-15-22(34)35)30-21(33)14-29-24(37)19(12-17-9-7-6-8-10-17)31-25(38)39-26(3,4)5/h6-9,16-19H,10-15H2,1-5H3,(H,27,32)(H,28,36)(H,29,37)(H,30,33)(H,31,38)(H,34,35)/t17?,18?,19-/m1/s1. The van der Waals surface area contributed by atoms with Crippen LogP contribution in [0.3, 0.4) is 0 Å². The van der Waals surface area contributed by atoms with E-state index in [1.165, 1.54) is 0 Å². The van der Waals surface area contributed by atoms with Gasteiger partial charge >= 0.3 is 12.1 Å². The Balaban J connectivity index is 2.73. The minimum absolute atomic E-state index is 0.00123. The summed E-state index contributed by atoms with van der Waals surface area (Å²) in [4.78, 5) is 72.7. The second-order valence-electron chi connectivity index (χ2n) is 10.6. The average molecular weight is 552 g/mol. The van der Waals surface area contributed by atoms with Crippen molar-refractivity contribution >= 4 is 35.7 Å². The van der Waals surface area contributed by atoms with Crippen LogP contribution in [0.25, 0.3) is 0 Å². The lowest BCUT2D eigenvalue weighted by Crippen LogP contribution is -2.53. The van der Waals surface area contributed by atoms with Gasteiger partial charge in [0.2, 0.25) is 23.6 Å². The predicted molar refractivity (Wildman–Crippen MR) is 142 cm³/mol. The van der Waals surface area contributed by atoms with E-state index in [-0.39, 0.29) is 24.7 Å². The van der Waals surface area contributed by atoms with Crippen molar-refractivity contribution in [1.82, 2.24) is 26.6 Å². The lowest BCUT2D eigenvalue weighted by atomic mass is 9.93. The van der Waals surface area contributed by atoms with E-state index in [2.05, 4.69) is 26.6 Å². The third kappa shape index (κ3) is 15.2. The summed E-state index contributed by atoms with van der Waals surface area (Å²) in [6.07, 6.45) is 8.11. The zero-order valence-corrected chi connectivity index (χ0v) is 23.2. The normalized spacial score (nSPS) is 16.0. The van der Waals surface area contributed by atoms with Crippen molar-refractivity contribution < 1.29 is 38.6 Å². The molecule has 0 saturated heterocycles. The number of carbonyl (C=O) groups is 6. The van der Waals surface area contributed by atoms with Crippen molar-refractivity contribution in [1.29, 1.82) is 0 Å². The molecule has 0 bridgehead atoms. The van der Waals surface area contributed by atoms with E-state index in [1.807, 2.05) is 38.2 Å². The number of ether oxygens (including phenoxy) is 1. The molecule has 39 heavy (non-hydrogen) atoms. The van der Waals surface area contributed by atoms with Gasteiger partial charge in [0.1, 0.15) is 24.2 Å². The maximum Gasteiger partial charge on any atom is 0.408 e. The minimum Gasteiger partial charge on any atom is -0.480 e. The number of alkyl carbamates (subject to hydrolysis) is 1. The molecule has 0 aromatic rings. The number of allylic oxidation sites excluding steroid dienone is 4. The molecule has 3 atom stereocenters. The number of rotatable bonds is 14. The summed E-state index contributed by atoms with van der Waals surface area (Å²) in [5.41, 5.74) is -0.762. The number of hydrogen-bond acceptors (Lipinski definition) is 7. The lowest BCUT2D eigenvalue weighted by Gasteiger charge is -2.25. The molecule has 0 radical (unpaired) electrons. The first-order chi connectivity index (χ1) is 18.2. The zero-order valence-electron chi connectivity index (χ0n) is 23.2. The topological polar surface area (TPSA) is 192 Å². The van der Waals surface area contributed by atoms with Gasteiger partial charge < -0.3 is 36.4 Å². The van der Waals surface area contributed by atoms with E-state index < -0.39 is 73.0 Å². The van der Waals surface area contributed by atoms with Crippen molar-refractivity contribution in [2.75, 3.05) is 19.6 Å². The Morgan fingerprint density at radius 3 is 2.03 bits per heavy atom. The first-order valence-corrected chi connectivity index (χ1v) is 12.8. The summed E-state index contributed by atoms with van der Waals surface area (Å²) in [5, 5.41) is 20.7. The van der Waals surface area contributed by atoms with Gasteiger partial charge in [0, 0.05) is 0 Å². The Hall–Kier alpha value is -3.90. The predicted octanol–water partition coefficient (Wildman–Crippen LogP) is 0.366. The second-order valence-corrected chi connectivity index (χ2v) is 10.6. The number of carboxylic acid groups (broad SMARTS) is 1.